The second kappa shape index (κ2) is 5.65. The van der Waals surface area contributed by atoms with Gasteiger partial charge in [-0.1, -0.05) is 12.0 Å². The first-order valence-electron chi connectivity index (χ1n) is 7.05. The van der Waals surface area contributed by atoms with Crippen LogP contribution in [0.5, 0.6) is 0 Å². The van der Waals surface area contributed by atoms with Crippen LogP contribution in [-0.4, -0.2) is 28.2 Å². The first kappa shape index (κ1) is 18.0. The molecule has 0 saturated heterocycles. The molecule has 24 heavy (non-hydrogen) atoms. The number of alkyl halides is 5. The van der Waals surface area contributed by atoms with Crippen LogP contribution in [0.15, 0.2) is 18.2 Å². The lowest BCUT2D eigenvalue weighted by atomic mass is 10.1. The van der Waals surface area contributed by atoms with Gasteiger partial charge in [0.1, 0.15) is 5.54 Å². The predicted molar refractivity (Wildman–Crippen MR) is 82.1 cm³/mol. The molecule has 1 heterocycles. The summed E-state index contributed by atoms with van der Waals surface area (Å²) >= 11 is 0. The standard InChI is InChI=1S/C16H16F5N3/c1-5-14(3,4)24-12-7-6-10(2)8-11(12)23-13(24)22-9-15(17,18)16(19,20)21/h1,6-8H,9H2,2-4H3,(H,22,23). The Hall–Kier alpha value is -2.30. The number of nitrogens with zero attached hydrogens (tertiary/aromatic N) is 2. The zero-order valence-electron chi connectivity index (χ0n) is 13.3. The maximum Gasteiger partial charge on any atom is 0.455 e. The quantitative estimate of drug-likeness (QED) is 0.661. The maximum absolute atomic E-state index is 13.2. The number of hydrogen-bond acceptors (Lipinski definition) is 2. The number of imidazole rings is 1. The van der Waals surface area contributed by atoms with Crippen molar-refractivity contribution in [1.29, 1.82) is 0 Å². The van der Waals surface area contributed by atoms with E-state index >= 15 is 0 Å². The lowest BCUT2D eigenvalue weighted by molar-refractivity contribution is -0.275. The van der Waals surface area contributed by atoms with Gasteiger partial charge in [0.2, 0.25) is 5.95 Å². The number of anilines is 1. The van der Waals surface area contributed by atoms with Crippen molar-refractivity contribution in [2.75, 3.05) is 11.9 Å². The third-order valence-corrected chi connectivity index (χ3v) is 3.61. The third kappa shape index (κ3) is 3.16. The summed E-state index contributed by atoms with van der Waals surface area (Å²) in [5.41, 5.74) is 0.898. The van der Waals surface area contributed by atoms with Gasteiger partial charge in [-0.15, -0.1) is 6.42 Å². The monoisotopic (exact) mass is 345 g/mol. The van der Waals surface area contributed by atoms with Gasteiger partial charge in [-0.3, -0.25) is 4.57 Å². The molecule has 0 atom stereocenters. The summed E-state index contributed by atoms with van der Waals surface area (Å²) in [6.45, 7) is 3.47. The third-order valence-electron chi connectivity index (χ3n) is 3.61. The van der Waals surface area contributed by atoms with Crippen molar-refractivity contribution in [3.63, 3.8) is 0 Å². The van der Waals surface area contributed by atoms with E-state index < -0.39 is 24.2 Å². The molecule has 0 aliphatic rings. The van der Waals surface area contributed by atoms with E-state index in [-0.39, 0.29) is 5.95 Å². The van der Waals surface area contributed by atoms with E-state index in [1.807, 2.05) is 6.92 Å². The van der Waals surface area contributed by atoms with Crippen LogP contribution in [0.1, 0.15) is 19.4 Å². The Kier molecular flexibility index (Phi) is 4.25. The Balaban J connectivity index is 2.50. The molecule has 0 spiro atoms. The molecule has 130 valence electrons. The van der Waals surface area contributed by atoms with Crippen LogP contribution in [0.3, 0.4) is 0 Å². The van der Waals surface area contributed by atoms with Crippen molar-refractivity contribution in [3.05, 3.63) is 23.8 Å². The second-order valence-corrected chi connectivity index (χ2v) is 6.02. The van der Waals surface area contributed by atoms with Gasteiger partial charge in [-0.05, 0) is 38.5 Å². The number of fused-ring (bicyclic) bond motifs is 1. The number of rotatable bonds is 4. The van der Waals surface area contributed by atoms with Crippen molar-refractivity contribution in [2.45, 2.75) is 38.4 Å². The highest BCUT2D eigenvalue weighted by molar-refractivity contribution is 5.80. The zero-order valence-corrected chi connectivity index (χ0v) is 13.3. The van der Waals surface area contributed by atoms with E-state index in [0.29, 0.717) is 11.0 Å². The molecule has 2 rings (SSSR count). The van der Waals surface area contributed by atoms with Gasteiger partial charge in [0, 0.05) is 0 Å². The Morgan fingerprint density at radius 1 is 1.21 bits per heavy atom. The van der Waals surface area contributed by atoms with Crippen LogP contribution in [0, 0.1) is 19.3 Å². The predicted octanol–water partition coefficient (Wildman–Crippen LogP) is 4.32. The zero-order chi connectivity index (χ0) is 18.3. The largest absolute Gasteiger partial charge is 0.455 e. The van der Waals surface area contributed by atoms with Crippen LogP contribution in [-0.2, 0) is 5.54 Å². The van der Waals surface area contributed by atoms with E-state index in [2.05, 4.69) is 16.2 Å². The summed E-state index contributed by atoms with van der Waals surface area (Å²) < 4.78 is 64.8. The van der Waals surface area contributed by atoms with Gasteiger partial charge < -0.3 is 5.32 Å². The number of aryl methyl sites for hydroxylation is 1. The Morgan fingerprint density at radius 3 is 2.38 bits per heavy atom. The molecule has 0 unspecified atom stereocenters. The van der Waals surface area contributed by atoms with Gasteiger partial charge in [-0.2, -0.15) is 22.0 Å². The first-order chi connectivity index (χ1) is 10.9. The van der Waals surface area contributed by atoms with Gasteiger partial charge >= 0.3 is 12.1 Å². The first-order valence-corrected chi connectivity index (χ1v) is 7.05. The lowest BCUT2D eigenvalue weighted by Gasteiger charge is -2.25. The minimum atomic E-state index is -5.64. The minimum Gasteiger partial charge on any atom is -0.349 e. The van der Waals surface area contributed by atoms with Crippen molar-refractivity contribution in [1.82, 2.24) is 9.55 Å². The summed E-state index contributed by atoms with van der Waals surface area (Å²) in [6.07, 6.45) is -0.160. The average Bonchev–Trinajstić information content (AvgIpc) is 2.82. The second-order valence-electron chi connectivity index (χ2n) is 6.02. The smallest absolute Gasteiger partial charge is 0.349 e. The topological polar surface area (TPSA) is 29.9 Å². The number of hydrogen-bond donors (Lipinski definition) is 1. The van der Waals surface area contributed by atoms with E-state index in [1.54, 1.807) is 32.0 Å². The molecule has 1 aromatic carbocycles. The number of benzene rings is 1. The Bertz CT molecular complexity index is 796. The average molecular weight is 345 g/mol. The molecule has 1 aromatic heterocycles. The van der Waals surface area contributed by atoms with Crippen molar-refractivity contribution < 1.29 is 22.0 Å². The molecule has 8 heteroatoms. The van der Waals surface area contributed by atoms with Crippen LogP contribution in [0.4, 0.5) is 27.9 Å². The summed E-state index contributed by atoms with van der Waals surface area (Å²) in [5, 5.41) is 2.10. The molecule has 0 aliphatic carbocycles. The molecule has 0 bridgehead atoms. The number of halogens is 5. The van der Waals surface area contributed by atoms with E-state index in [0.717, 1.165) is 5.56 Å². The maximum atomic E-state index is 13.2. The Morgan fingerprint density at radius 2 is 1.83 bits per heavy atom. The van der Waals surface area contributed by atoms with Crippen LogP contribution in [0.25, 0.3) is 11.0 Å². The summed E-state index contributed by atoms with van der Waals surface area (Å²) in [4.78, 5) is 4.13. The molecule has 0 amide bonds. The fraction of sp³-hybridized carbons (Fsp3) is 0.438. The number of terminal acetylenes is 1. The van der Waals surface area contributed by atoms with Crippen LogP contribution >= 0.6 is 0 Å². The molecule has 0 radical (unpaired) electrons. The highest BCUT2D eigenvalue weighted by Crippen LogP contribution is 2.36. The molecule has 0 fully saturated rings. The fourth-order valence-corrected chi connectivity index (χ4v) is 2.23. The molecule has 0 saturated carbocycles. The van der Waals surface area contributed by atoms with Gasteiger partial charge in [-0.25, -0.2) is 4.98 Å². The van der Waals surface area contributed by atoms with Gasteiger partial charge in [0.15, 0.2) is 0 Å². The highest BCUT2D eigenvalue weighted by Gasteiger charge is 2.57. The van der Waals surface area contributed by atoms with E-state index in [9.17, 15) is 22.0 Å². The SMILES string of the molecule is C#CC(C)(C)n1c(NCC(F)(F)C(F)(F)F)nc2cc(C)ccc21. The summed E-state index contributed by atoms with van der Waals surface area (Å²) in [5.74, 6) is -2.53. The van der Waals surface area contributed by atoms with Crippen LogP contribution < -0.4 is 5.32 Å². The van der Waals surface area contributed by atoms with Crippen molar-refractivity contribution in [2.24, 2.45) is 0 Å². The fourth-order valence-electron chi connectivity index (χ4n) is 2.23. The molecule has 1 N–H and O–H groups in total. The van der Waals surface area contributed by atoms with E-state index in [4.69, 9.17) is 6.42 Å². The normalized spacial score (nSPS) is 13.1. The van der Waals surface area contributed by atoms with Crippen molar-refractivity contribution in [3.8, 4) is 12.3 Å². The minimum absolute atomic E-state index is 0.137. The lowest BCUT2D eigenvalue weighted by Crippen LogP contribution is -2.43. The number of aromatic nitrogens is 2. The Labute approximate surface area is 135 Å². The summed E-state index contributed by atoms with van der Waals surface area (Å²) in [7, 11) is 0. The molecule has 3 nitrogen and oxygen atoms in total. The highest BCUT2D eigenvalue weighted by atomic mass is 19.4. The molecular weight excluding hydrogens is 329 g/mol. The molecule has 2 aromatic rings. The van der Waals surface area contributed by atoms with E-state index in [1.165, 1.54) is 4.57 Å². The van der Waals surface area contributed by atoms with Gasteiger partial charge in [0.05, 0.1) is 17.6 Å². The summed E-state index contributed by atoms with van der Waals surface area (Å²) in [6, 6.07) is 5.18. The van der Waals surface area contributed by atoms with Crippen molar-refractivity contribution >= 4 is 17.0 Å². The molecular formula is C16H16F5N3. The van der Waals surface area contributed by atoms with Gasteiger partial charge in [0.25, 0.3) is 0 Å². The van der Waals surface area contributed by atoms with Crippen LogP contribution in [0.2, 0.25) is 0 Å². The number of nitrogens with one attached hydrogen (secondary N) is 1. The molecule has 0 aliphatic heterocycles.